The number of rotatable bonds is 5. The van der Waals surface area contributed by atoms with Crippen molar-refractivity contribution >= 4 is 11.5 Å². The van der Waals surface area contributed by atoms with Crippen LogP contribution >= 0.6 is 0 Å². The minimum absolute atomic E-state index is 0.353. The molecular formula is C16H20O3. The molecule has 3 heteroatoms. The third kappa shape index (κ3) is 4.62. The highest BCUT2D eigenvalue weighted by Crippen LogP contribution is 2.25. The van der Waals surface area contributed by atoms with Gasteiger partial charge in [-0.15, -0.1) is 0 Å². The number of hydrogen-bond acceptors (Lipinski definition) is 3. The molecule has 0 spiro atoms. The molecule has 0 N–H and O–H groups in total. The number of methoxy groups -OCH3 is 2. The van der Waals surface area contributed by atoms with E-state index in [2.05, 4.69) is 18.6 Å². The van der Waals surface area contributed by atoms with Gasteiger partial charge in [0.25, 0.3) is 0 Å². The topological polar surface area (TPSA) is 35.5 Å². The predicted octanol–water partition coefficient (Wildman–Crippen LogP) is 3.46. The fraction of sp³-hybridized carbons (Fsp3) is 0.312. The van der Waals surface area contributed by atoms with Crippen LogP contribution < -0.4 is 4.74 Å². The average Bonchev–Trinajstić information content (AvgIpc) is 2.43. The van der Waals surface area contributed by atoms with Crippen LogP contribution in [0.1, 0.15) is 19.4 Å². The summed E-state index contributed by atoms with van der Waals surface area (Å²) in [6, 6.07) is 7.87. The standard InChI is InChI=1S/C16H20O3/c1-12(2)15(6-5-7-16(17)19-4)13-8-10-14(18-3)11-9-13/h5-12H,1-4H3/b7-5+,15-6+. The van der Waals surface area contributed by atoms with Crippen LogP contribution in [-0.2, 0) is 9.53 Å². The number of allylic oxidation sites excluding steroid dienone is 3. The van der Waals surface area contributed by atoms with Crippen molar-refractivity contribution < 1.29 is 14.3 Å². The molecule has 0 fully saturated rings. The van der Waals surface area contributed by atoms with Crippen molar-refractivity contribution in [1.82, 2.24) is 0 Å². The molecule has 0 bridgehead atoms. The summed E-state index contributed by atoms with van der Waals surface area (Å²) < 4.78 is 9.70. The van der Waals surface area contributed by atoms with Crippen molar-refractivity contribution in [3.05, 3.63) is 48.1 Å². The SMILES string of the molecule is COC(=O)/C=C/C=C(/c1ccc(OC)cc1)C(C)C. The Morgan fingerprint density at radius 3 is 2.26 bits per heavy atom. The maximum atomic E-state index is 11.0. The lowest BCUT2D eigenvalue weighted by molar-refractivity contribution is -0.134. The van der Waals surface area contributed by atoms with Gasteiger partial charge in [-0.1, -0.05) is 38.1 Å². The summed E-state index contributed by atoms with van der Waals surface area (Å²) in [6.07, 6.45) is 5.06. The normalized spacial score (nSPS) is 11.9. The van der Waals surface area contributed by atoms with Gasteiger partial charge in [-0.05, 0) is 29.2 Å². The molecule has 0 aromatic heterocycles. The van der Waals surface area contributed by atoms with E-state index in [0.29, 0.717) is 5.92 Å². The summed E-state index contributed by atoms with van der Waals surface area (Å²) in [5, 5.41) is 0. The molecule has 0 atom stereocenters. The second kappa shape index (κ2) is 7.41. The molecule has 0 amide bonds. The number of carbonyl (C=O) groups excluding carboxylic acids is 1. The molecule has 0 radical (unpaired) electrons. The number of ether oxygens (including phenoxy) is 2. The van der Waals surface area contributed by atoms with Crippen LogP contribution in [0.15, 0.2) is 42.5 Å². The van der Waals surface area contributed by atoms with Crippen molar-refractivity contribution in [2.45, 2.75) is 13.8 Å². The fourth-order valence-corrected chi connectivity index (χ4v) is 1.70. The van der Waals surface area contributed by atoms with Crippen LogP contribution in [-0.4, -0.2) is 20.2 Å². The van der Waals surface area contributed by atoms with Gasteiger partial charge in [0, 0.05) is 6.08 Å². The monoisotopic (exact) mass is 260 g/mol. The van der Waals surface area contributed by atoms with Gasteiger partial charge in [-0.3, -0.25) is 0 Å². The van der Waals surface area contributed by atoms with Gasteiger partial charge in [-0.25, -0.2) is 4.79 Å². The molecule has 0 unspecified atom stereocenters. The van der Waals surface area contributed by atoms with E-state index in [-0.39, 0.29) is 5.97 Å². The van der Waals surface area contributed by atoms with Gasteiger partial charge in [0.05, 0.1) is 14.2 Å². The summed E-state index contributed by atoms with van der Waals surface area (Å²) >= 11 is 0. The van der Waals surface area contributed by atoms with Crippen LogP contribution in [0.2, 0.25) is 0 Å². The van der Waals surface area contributed by atoms with Crippen LogP contribution in [0.3, 0.4) is 0 Å². The second-order valence-electron chi connectivity index (χ2n) is 4.39. The Balaban J connectivity index is 2.96. The summed E-state index contributed by atoms with van der Waals surface area (Å²) in [4.78, 5) is 11.0. The van der Waals surface area contributed by atoms with E-state index in [1.54, 1.807) is 13.2 Å². The van der Waals surface area contributed by atoms with Gasteiger partial charge in [0.15, 0.2) is 0 Å². The molecule has 102 valence electrons. The molecule has 3 nitrogen and oxygen atoms in total. The number of benzene rings is 1. The van der Waals surface area contributed by atoms with Crippen molar-refractivity contribution in [1.29, 1.82) is 0 Å². The van der Waals surface area contributed by atoms with Crippen molar-refractivity contribution in [3.63, 3.8) is 0 Å². The Morgan fingerprint density at radius 2 is 1.79 bits per heavy atom. The minimum Gasteiger partial charge on any atom is -0.497 e. The van der Waals surface area contributed by atoms with Crippen molar-refractivity contribution in [2.75, 3.05) is 14.2 Å². The van der Waals surface area contributed by atoms with E-state index >= 15 is 0 Å². The predicted molar refractivity (Wildman–Crippen MR) is 77.0 cm³/mol. The molecule has 0 aliphatic carbocycles. The highest BCUT2D eigenvalue weighted by molar-refractivity contribution is 5.82. The zero-order chi connectivity index (χ0) is 14.3. The van der Waals surface area contributed by atoms with E-state index in [9.17, 15) is 4.79 Å². The van der Waals surface area contributed by atoms with Gasteiger partial charge < -0.3 is 9.47 Å². The lowest BCUT2D eigenvalue weighted by atomic mass is 9.95. The first-order chi connectivity index (χ1) is 9.08. The number of carbonyl (C=O) groups is 1. The Morgan fingerprint density at radius 1 is 1.16 bits per heavy atom. The first-order valence-corrected chi connectivity index (χ1v) is 6.19. The van der Waals surface area contributed by atoms with Crippen LogP contribution in [0.4, 0.5) is 0 Å². The van der Waals surface area contributed by atoms with Crippen LogP contribution in [0.5, 0.6) is 5.75 Å². The Bertz CT molecular complexity index is 467. The number of esters is 1. The molecule has 0 saturated carbocycles. The van der Waals surface area contributed by atoms with Gasteiger partial charge in [-0.2, -0.15) is 0 Å². The molecule has 1 aromatic carbocycles. The molecule has 0 aliphatic heterocycles. The van der Waals surface area contributed by atoms with Crippen molar-refractivity contribution in [3.8, 4) is 5.75 Å². The lowest BCUT2D eigenvalue weighted by Crippen LogP contribution is -1.95. The Kier molecular flexibility index (Phi) is 5.86. The first kappa shape index (κ1) is 15.0. The molecule has 19 heavy (non-hydrogen) atoms. The lowest BCUT2D eigenvalue weighted by Gasteiger charge is -2.11. The Hall–Kier alpha value is -2.03. The zero-order valence-corrected chi connectivity index (χ0v) is 11.8. The summed E-state index contributed by atoms with van der Waals surface area (Å²) in [5.74, 6) is 0.835. The summed E-state index contributed by atoms with van der Waals surface area (Å²) in [5.41, 5.74) is 2.27. The molecular weight excluding hydrogens is 240 g/mol. The van der Waals surface area contributed by atoms with Crippen molar-refractivity contribution in [2.24, 2.45) is 5.92 Å². The minimum atomic E-state index is -0.353. The van der Waals surface area contributed by atoms with E-state index in [4.69, 9.17) is 4.74 Å². The molecule has 1 aromatic rings. The maximum absolute atomic E-state index is 11.0. The summed E-state index contributed by atoms with van der Waals surface area (Å²) in [6.45, 7) is 4.23. The zero-order valence-electron chi connectivity index (χ0n) is 11.8. The molecule has 0 saturated heterocycles. The van der Waals surface area contributed by atoms with Gasteiger partial charge in [0.2, 0.25) is 0 Å². The third-order valence-electron chi connectivity index (χ3n) is 2.75. The molecule has 0 heterocycles. The summed E-state index contributed by atoms with van der Waals surface area (Å²) in [7, 11) is 3.01. The highest BCUT2D eigenvalue weighted by atomic mass is 16.5. The quantitative estimate of drug-likeness (QED) is 0.462. The van der Waals surface area contributed by atoms with E-state index in [0.717, 1.165) is 16.9 Å². The fourth-order valence-electron chi connectivity index (χ4n) is 1.70. The smallest absolute Gasteiger partial charge is 0.330 e. The van der Waals surface area contributed by atoms with Gasteiger partial charge in [0.1, 0.15) is 5.75 Å². The van der Waals surface area contributed by atoms with E-state index in [1.165, 1.54) is 13.2 Å². The second-order valence-corrected chi connectivity index (χ2v) is 4.39. The highest BCUT2D eigenvalue weighted by Gasteiger charge is 2.05. The Labute approximate surface area is 114 Å². The van der Waals surface area contributed by atoms with E-state index < -0.39 is 0 Å². The maximum Gasteiger partial charge on any atom is 0.330 e. The largest absolute Gasteiger partial charge is 0.497 e. The molecule has 1 rings (SSSR count). The average molecular weight is 260 g/mol. The third-order valence-corrected chi connectivity index (χ3v) is 2.75. The van der Waals surface area contributed by atoms with Gasteiger partial charge >= 0.3 is 5.97 Å². The van der Waals surface area contributed by atoms with Crippen LogP contribution in [0.25, 0.3) is 5.57 Å². The number of hydrogen-bond donors (Lipinski definition) is 0. The van der Waals surface area contributed by atoms with Crippen LogP contribution in [0, 0.1) is 5.92 Å². The first-order valence-electron chi connectivity index (χ1n) is 6.19. The van der Waals surface area contributed by atoms with E-state index in [1.807, 2.05) is 30.3 Å². The molecule has 0 aliphatic rings.